The number of aromatic nitrogens is 2. The minimum atomic E-state index is -3.61. The van der Waals surface area contributed by atoms with E-state index in [9.17, 15) is 8.42 Å². The van der Waals surface area contributed by atoms with Gasteiger partial charge in [-0.3, -0.25) is 4.68 Å². The van der Waals surface area contributed by atoms with Gasteiger partial charge in [-0.2, -0.15) is 5.10 Å². The van der Waals surface area contributed by atoms with E-state index in [0.717, 1.165) is 6.42 Å². The molecule has 1 aromatic rings. The van der Waals surface area contributed by atoms with Crippen molar-refractivity contribution in [1.82, 2.24) is 19.4 Å². The van der Waals surface area contributed by atoms with Crippen LogP contribution in [0.2, 0.25) is 5.02 Å². The zero-order chi connectivity index (χ0) is 14.6. The quantitative estimate of drug-likeness (QED) is 0.818. The van der Waals surface area contributed by atoms with Crippen LogP contribution in [0, 0.1) is 0 Å². The van der Waals surface area contributed by atoms with Crippen LogP contribution in [-0.2, 0) is 17.1 Å². The Balaban J connectivity index is 2.63. The number of aryl methyl sites for hydroxylation is 1. The van der Waals surface area contributed by atoms with Crippen molar-refractivity contribution in [2.24, 2.45) is 7.05 Å². The number of nitrogens with zero attached hydrogens (tertiary/aromatic N) is 3. The standard InChI is InChI=1S/C11H21ClN4O2S/c1-5-9(2)15(3)7-6-14-19(17,18)11-10(12)8-13-16(11)4/h8-9,14H,5-7H2,1-4H3/t9-/m1/s1. The number of hydrogen-bond donors (Lipinski definition) is 1. The lowest BCUT2D eigenvalue weighted by atomic mass is 10.2. The van der Waals surface area contributed by atoms with Crippen molar-refractivity contribution in [3.05, 3.63) is 11.2 Å². The molecule has 0 fully saturated rings. The zero-order valence-corrected chi connectivity index (χ0v) is 13.3. The molecular formula is C11H21ClN4O2S. The van der Waals surface area contributed by atoms with E-state index in [0.29, 0.717) is 19.1 Å². The van der Waals surface area contributed by atoms with Gasteiger partial charge in [-0.15, -0.1) is 0 Å². The molecule has 8 heteroatoms. The van der Waals surface area contributed by atoms with Crippen molar-refractivity contribution in [3.8, 4) is 0 Å². The summed E-state index contributed by atoms with van der Waals surface area (Å²) in [5.74, 6) is 0. The first kappa shape index (κ1) is 16.4. The van der Waals surface area contributed by atoms with E-state index >= 15 is 0 Å². The Kier molecular flexibility index (Phi) is 5.79. The molecule has 0 bridgehead atoms. The summed E-state index contributed by atoms with van der Waals surface area (Å²) in [7, 11) is -0.0954. The second-order valence-electron chi connectivity index (χ2n) is 4.56. The molecule has 1 heterocycles. The van der Waals surface area contributed by atoms with E-state index in [2.05, 4.69) is 28.6 Å². The molecule has 1 aromatic heterocycles. The molecule has 1 rings (SSSR count). The van der Waals surface area contributed by atoms with Gasteiger partial charge in [0.15, 0.2) is 5.03 Å². The molecular weight excluding hydrogens is 288 g/mol. The van der Waals surface area contributed by atoms with E-state index < -0.39 is 10.0 Å². The van der Waals surface area contributed by atoms with Gasteiger partial charge in [-0.25, -0.2) is 13.1 Å². The van der Waals surface area contributed by atoms with Crippen LogP contribution in [-0.4, -0.2) is 49.3 Å². The summed E-state index contributed by atoms with van der Waals surface area (Å²) < 4.78 is 28.0. The first-order valence-electron chi connectivity index (χ1n) is 6.17. The minimum Gasteiger partial charge on any atom is -0.302 e. The van der Waals surface area contributed by atoms with Gasteiger partial charge in [-0.05, 0) is 20.4 Å². The van der Waals surface area contributed by atoms with Crippen LogP contribution in [0.4, 0.5) is 0 Å². The van der Waals surface area contributed by atoms with E-state index in [-0.39, 0.29) is 10.0 Å². The summed E-state index contributed by atoms with van der Waals surface area (Å²) in [4.78, 5) is 2.10. The Hall–Kier alpha value is -0.630. The minimum absolute atomic E-state index is 0.000333. The highest BCUT2D eigenvalue weighted by atomic mass is 35.5. The topological polar surface area (TPSA) is 67.2 Å². The van der Waals surface area contributed by atoms with Gasteiger partial charge in [0.25, 0.3) is 10.0 Å². The summed E-state index contributed by atoms with van der Waals surface area (Å²) in [5.41, 5.74) is 0. The third-order valence-corrected chi connectivity index (χ3v) is 5.16. The van der Waals surface area contributed by atoms with Crippen molar-refractivity contribution >= 4 is 21.6 Å². The smallest absolute Gasteiger partial charge is 0.259 e. The Morgan fingerprint density at radius 2 is 2.21 bits per heavy atom. The maximum atomic E-state index is 12.1. The molecule has 19 heavy (non-hydrogen) atoms. The molecule has 110 valence electrons. The molecule has 0 spiro atoms. The van der Waals surface area contributed by atoms with Crippen molar-refractivity contribution in [1.29, 1.82) is 0 Å². The molecule has 0 amide bonds. The number of nitrogens with one attached hydrogen (secondary N) is 1. The van der Waals surface area contributed by atoms with E-state index in [1.807, 2.05) is 7.05 Å². The van der Waals surface area contributed by atoms with Gasteiger partial charge in [-0.1, -0.05) is 18.5 Å². The lowest BCUT2D eigenvalue weighted by Crippen LogP contribution is -2.37. The fourth-order valence-electron chi connectivity index (χ4n) is 1.66. The highest BCUT2D eigenvalue weighted by Crippen LogP contribution is 2.19. The van der Waals surface area contributed by atoms with E-state index in [1.165, 1.54) is 10.9 Å². The average Bonchev–Trinajstić information content (AvgIpc) is 2.68. The number of hydrogen-bond acceptors (Lipinski definition) is 4. The second kappa shape index (κ2) is 6.69. The Morgan fingerprint density at radius 1 is 1.58 bits per heavy atom. The molecule has 1 atom stereocenters. The SMILES string of the molecule is CC[C@@H](C)N(C)CCNS(=O)(=O)c1c(Cl)cnn1C. The highest BCUT2D eigenvalue weighted by Gasteiger charge is 2.22. The van der Waals surface area contributed by atoms with Crippen LogP contribution < -0.4 is 4.72 Å². The molecule has 0 aliphatic heterocycles. The molecule has 6 nitrogen and oxygen atoms in total. The van der Waals surface area contributed by atoms with Crippen LogP contribution in [0.25, 0.3) is 0 Å². The summed E-state index contributed by atoms with van der Waals surface area (Å²) in [5, 5.41) is 3.95. The molecule has 0 unspecified atom stereocenters. The van der Waals surface area contributed by atoms with E-state index in [1.54, 1.807) is 7.05 Å². The average molecular weight is 309 g/mol. The first-order valence-corrected chi connectivity index (χ1v) is 8.03. The summed E-state index contributed by atoms with van der Waals surface area (Å²) in [6, 6.07) is 0.421. The fourth-order valence-corrected chi connectivity index (χ4v) is 3.33. The third kappa shape index (κ3) is 4.17. The van der Waals surface area contributed by atoms with Gasteiger partial charge in [0.1, 0.15) is 0 Å². The lowest BCUT2D eigenvalue weighted by molar-refractivity contribution is 0.256. The van der Waals surface area contributed by atoms with Crippen LogP contribution >= 0.6 is 11.6 Å². The van der Waals surface area contributed by atoms with Crippen molar-refractivity contribution in [2.75, 3.05) is 20.1 Å². The zero-order valence-electron chi connectivity index (χ0n) is 11.7. The van der Waals surface area contributed by atoms with Gasteiger partial charge in [0.2, 0.25) is 0 Å². The molecule has 0 aliphatic rings. The second-order valence-corrected chi connectivity index (χ2v) is 6.65. The predicted molar refractivity (Wildman–Crippen MR) is 75.8 cm³/mol. The number of likely N-dealkylation sites (N-methyl/N-ethyl adjacent to an activating group) is 1. The van der Waals surface area contributed by atoms with Crippen molar-refractivity contribution < 1.29 is 8.42 Å². The van der Waals surface area contributed by atoms with Gasteiger partial charge in [0, 0.05) is 26.2 Å². The predicted octanol–water partition coefficient (Wildman–Crippen LogP) is 1.08. The maximum absolute atomic E-state index is 12.1. The van der Waals surface area contributed by atoms with Crippen LogP contribution in [0.15, 0.2) is 11.2 Å². The number of sulfonamides is 1. The number of rotatable bonds is 7. The third-order valence-electron chi connectivity index (χ3n) is 3.20. The monoisotopic (exact) mass is 308 g/mol. The first-order chi connectivity index (χ1) is 8.79. The Labute approximate surface area is 119 Å². The fraction of sp³-hybridized carbons (Fsp3) is 0.727. The Bertz CT molecular complexity index is 495. The molecule has 0 aliphatic carbocycles. The molecule has 1 N–H and O–H groups in total. The normalized spacial score (nSPS) is 14.0. The number of halogens is 1. The summed E-state index contributed by atoms with van der Waals surface area (Å²) >= 11 is 5.83. The van der Waals surface area contributed by atoms with Gasteiger partial charge < -0.3 is 4.90 Å². The molecule has 0 aromatic carbocycles. The van der Waals surface area contributed by atoms with Crippen LogP contribution in [0.3, 0.4) is 0 Å². The van der Waals surface area contributed by atoms with Gasteiger partial charge in [0.05, 0.1) is 11.2 Å². The maximum Gasteiger partial charge on any atom is 0.259 e. The summed E-state index contributed by atoms with van der Waals surface area (Å²) in [6.45, 7) is 5.18. The van der Waals surface area contributed by atoms with Crippen LogP contribution in [0.1, 0.15) is 20.3 Å². The van der Waals surface area contributed by atoms with Gasteiger partial charge >= 0.3 is 0 Å². The Morgan fingerprint density at radius 3 is 2.68 bits per heavy atom. The van der Waals surface area contributed by atoms with E-state index in [4.69, 9.17) is 11.6 Å². The van der Waals surface area contributed by atoms with Crippen molar-refractivity contribution in [3.63, 3.8) is 0 Å². The molecule has 0 saturated carbocycles. The lowest BCUT2D eigenvalue weighted by Gasteiger charge is -2.23. The highest BCUT2D eigenvalue weighted by molar-refractivity contribution is 7.89. The molecule has 0 saturated heterocycles. The molecule has 0 radical (unpaired) electrons. The largest absolute Gasteiger partial charge is 0.302 e. The van der Waals surface area contributed by atoms with Crippen molar-refractivity contribution in [2.45, 2.75) is 31.3 Å². The van der Waals surface area contributed by atoms with Crippen LogP contribution in [0.5, 0.6) is 0 Å². The summed E-state index contributed by atoms with van der Waals surface area (Å²) in [6.07, 6.45) is 2.35.